The summed E-state index contributed by atoms with van der Waals surface area (Å²) >= 11 is 0. The number of hydrogen-bond acceptors (Lipinski definition) is 6. The Morgan fingerprint density at radius 2 is 2.30 bits per heavy atom. The highest BCUT2D eigenvalue weighted by molar-refractivity contribution is 7.32. The lowest BCUT2D eigenvalue weighted by atomic mass is 10.2. The number of nitrogens with zero attached hydrogens (tertiary/aromatic N) is 1. The third kappa shape index (κ3) is 3.20. The van der Waals surface area contributed by atoms with Gasteiger partial charge in [-0.25, -0.2) is 4.79 Å². The summed E-state index contributed by atoms with van der Waals surface area (Å²) < 4.78 is 21.5. The number of rotatable bonds is 4. The van der Waals surface area contributed by atoms with Gasteiger partial charge >= 0.3 is 13.9 Å². The van der Waals surface area contributed by atoms with Gasteiger partial charge < -0.3 is 9.84 Å². The number of aliphatic hydroxyl groups is 1. The Kier molecular flexibility index (Phi) is 4.46. The van der Waals surface area contributed by atoms with Crippen molar-refractivity contribution in [2.45, 2.75) is 31.8 Å². The van der Waals surface area contributed by atoms with Crippen LogP contribution < -0.4 is 11.2 Å². The van der Waals surface area contributed by atoms with Gasteiger partial charge in [0.15, 0.2) is 0 Å². The summed E-state index contributed by atoms with van der Waals surface area (Å²) in [5.74, 6) is 0. The molecule has 1 fully saturated rings. The van der Waals surface area contributed by atoms with E-state index in [2.05, 4.69) is 9.51 Å². The summed E-state index contributed by atoms with van der Waals surface area (Å²) in [6, 6.07) is 0. The number of aromatic amines is 1. The number of ether oxygens (including phenoxy) is 1. The monoisotopic (exact) mass is 305 g/mol. The summed E-state index contributed by atoms with van der Waals surface area (Å²) in [4.78, 5) is 33.6. The highest BCUT2D eigenvalue weighted by atomic mass is 31.1. The van der Waals surface area contributed by atoms with Crippen molar-refractivity contribution in [3.05, 3.63) is 32.6 Å². The van der Waals surface area contributed by atoms with Gasteiger partial charge in [0.2, 0.25) is 0 Å². The van der Waals surface area contributed by atoms with E-state index >= 15 is 0 Å². The second-order valence-electron chi connectivity index (χ2n) is 4.44. The molecule has 0 radical (unpaired) electrons. The molecule has 0 spiro atoms. The zero-order valence-electron chi connectivity index (χ0n) is 10.6. The first-order valence-corrected chi connectivity index (χ1v) is 6.96. The quantitative estimate of drug-likeness (QED) is 0.618. The fourth-order valence-corrected chi connectivity index (χ4v) is 2.25. The molecule has 1 aromatic rings. The molecular weight excluding hydrogens is 291 g/mol. The van der Waals surface area contributed by atoms with Crippen LogP contribution in [0.2, 0.25) is 0 Å². The third-order valence-electron chi connectivity index (χ3n) is 3.01. The Morgan fingerprint density at radius 1 is 1.60 bits per heavy atom. The molecule has 2 rings (SSSR count). The first-order valence-electron chi connectivity index (χ1n) is 5.83. The zero-order chi connectivity index (χ0) is 14.9. The predicted molar refractivity (Wildman–Crippen MR) is 66.4 cm³/mol. The van der Waals surface area contributed by atoms with Gasteiger partial charge in [-0.15, -0.1) is 9.42 Å². The van der Waals surface area contributed by atoms with Crippen molar-refractivity contribution in [3.63, 3.8) is 0 Å². The van der Waals surface area contributed by atoms with Gasteiger partial charge in [-0.3, -0.25) is 14.3 Å². The predicted octanol–water partition coefficient (Wildman–Crippen LogP) is -0.840. The Bertz CT molecular complexity index is 625. The van der Waals surface area contributed by atoms with E-state index in [9.17, 15) is 19.3 Å². The van der Waals surface area contributed by atoms with E-state index in [-0.39, 0.29) is 13.0 Å². The van der Waals surface area contributed by atoms with Crippen molar-refractivity contribution in [1.29, 1.82) is 0 Å². The van der Waals surface area contributed by atoms with Crippen LogP contribution in [0.3, 0.4) is 0 Å². The molecular formula is C10H14N2O7P+. The van der Waals surface area contributed by atoms with Crippen molar-refractivity contribution in [2.24, 2.45) is 0 Å². The summed E-state index contributed by atoms with van der Waals surface area (Å²) in [7, 11) is -2.78. The fraction of sp³-hybridized carbons (Fsp3) is 0.600. The van der Waals surface area contributed by atoms with E-state index in [0.717, 1.165) is 0 Å². The topological polar surface area (TPSA) is 131 Å². The van der Waals surface area contributed by atoms with Gasteiger partial charge in [-0.1, -0.05) is 0 Å². The van der Waals surface area contributed by atoms with E-state index in [1.165, 1.54) is 17.7 Å². The lowest BCUT2D eigenvalue weighted by Crippen LogP contribution is -2.33. The largest absolute Gasteiger partial charge is 0.694 e. The molecule has 1 aliphatic heterocycles. The minimum absolute atomic E-state index is 0.113. The van der Waals surface area contributed by atoms with E-state index in [0.29, 0.717) is 5.56 Å². The van der Waals surface area contributed by atoms with Gasteiger partial charge in [0.1, 0.15) is 18.9 Å². The molecule has 0 amide bonds. The maximum absolute atomic E-state index is 11.7. The Hall–Kier alpha value is -1.38. The van der Waals surface area contributed by atoms with Crippen molar-refractivity contribution >= 4 is 8.25 Å². The number of aryl methyl sites for hydroxylation is 1. The molecule has 9 nitrogen and oxygen atoms in total. The first-order chi connectivity index (χ1) is 9.38. The third-order valence-corrected chi connectivity index (χ3v) is 3.38. The van der Waals surface area contributed by atoms with Gasteiger partial charge in [-0.2, -0.15) is 0 Å². The molecule has 4 unspecified atom stereocenters. The van der Waals surface area contributed by atoms with Crippen LogP contribution in [-0.4, -0.2) is 38.4 Å². The lowest BCUT2D eigenvalue weighted by molar-refractivity contribution is -0.0413. The second kappa shape index (κ2) is 5.94. The smallest absolute Gasteiger partial charge is 0.390 e. The van der Waals surface area contributed by atoms with Crippen LogP contribution in [0.4, 0.5) is 0 Å². The number of H-pyrrole nitrogens is 1. The lowest BCUT2D eigenvalue weighted by Gasteiger charge is -2.14. The average Bonchev–Trinajstić information content (AvgIpc) is 2.72. The summed E-state index contributed by atoms with van der Waals surface area (Å²) in [6.07, 6.45) is -1.06. The molecule has 4 atom stereocenters. The highest BCUT2D eigenvalue weighted by Crippen LogP contribution is 2.29. The summed E-state index contributed by atoms with van der Waals surface area (Å²) in [6.45, 7) is 1.28. The van der Waals surface area contributed by atoms with Crippen molar-refractivity contribution in [2.75, 3.05) is 6.61 Å². The maximum atomic E-state index is 11.7. The van der Waals surface area contributed by atoms with E-state index < -0.39 is 37.9 Å². The van der Waals surface area contributed by atoms with Crippen LogP contribution in [0.25, 0.3) is 0 Å². The molecule has 110 valence electrons. The first kappa shape index (κ1) is 15.0. The van der Waals surface area contributed by atoms with Crippen molar-refractivity contribution in [1.82, 2.24) is 9.55 Å². The van der Waals surface area contributed by atoms with E-state index in [1.807, 2.05) is 0 Å². The van der Waals surface area contributed by atoms with Gasteiger partial charge in [-0.05, 0) is 6.92 Å². The SMILES string of the molecule is Cc1cn(C2CC(O)C(CO[P+](=O)O)O2)c(=O)[nH]c1=O. The van der Waals surface area contributed by atoms with E-state index in [1.54, 1.807) is 0 Å². The Morgan fingerprint density at radius 3 is 2.95 bits per heavy atom. The van der Waals surface area contributed by atoms with Gasteiger partial charge in [0, 0.05) is 22.7 Å². The van der Waals surface area contributed by atoms with Crippen LogP contribution >= 0.6 is 8.25 Å². The van der Waals surface area contributed by atoms with Crippen LogP contribution in [-0.2, 0) is 13.8 Å². The van der Waals surface area contributed by atoms with Crippen LogP contribution in [0, 0.1) is 6.92 Å². The van der Waals surface area contributed by atoms with Crippen molar-refractivity contribution in [3.8, 4) is 0 Å². The Balaban J connectivity index is 2.16. The molecule has 0 saturated carbocycles. The summed E-state index contributed by atoms with van der Waals surface area (Å²) in [5.41, 5.74) is -0.796. The van der Waals surface area contributed by atoms with Crippen LogP contribution in [0.1, 0.15) is 18.2 Å². The standard InChI is InChI=1S/C10H13N2O7P/c1-5-3-12(10(15)11-9(5)14)8-2-6(13)7(19-8)4-18-20(16)17/h3,6-8,13H,2,4H2,1H3,(H-,11,14,15,16,17)/p+1. The van der Waals surface area contributed by atoms with Crippen LogP contribution in [0.5, 0.6) is 0 Å². The normalized spacial score (nSPS) is 26.8. The molecule has 1 aromatic heterocycles. The van der Waals surface area contributed by atoms with Gasteiger partial charge in [0.25, 0.3) is 5.56 Å². The molecule has 0 aromatic carbocycles. The van der Waals surface area contributed by atoms with Gasteiger partial charge in [0.05, 0.1) is 6.10 Å². The molecule has 1 aliphatic rings. The molecule has 3 N–H and O–H groups in total. The molecule has 0 bridgehead atoms. The number of nitrogens with one attached hydrogen (secondary N) is 1. The van der Waals surface area contributed by atoms with Crippen LogP contribution in [0.15, 0.2) is 15.8 Å². The molecule has 20 heavy (non-hydrogen) atoms. The zero-order valence-corrected chi connectivity index (χ0v) is 11.4. The summed E-state index contributed by atoms with van der Waals surface area (Å²) in [5, 5.41) is 9.78. The number of hydrogen-bond donors (Lipinski definition) is 3. The second-order valence-corrected chi connectivity index (χ2v) is 5.18. The number of aliphatic hydroxyl groups excluding tert-OH is 1. The number of aromatic nitrogens is 2. The van der Waals surface area contributed by atoms with Crippen molar-refractivity contribution < 1.29 is 23.8 Å². The molecule has 10 heteroatoms. The fourth-order valence-electron chi connectivity index (χ4n) is 1.97. The molecule has 0 aliphatic carbocycles. The maximum Gasteiger partial charge on any atom is 0.694 e. The minimum Gasteiger partial charge on any atom is -0.390 e. The highest BCUT2D eigenvalue weighted by Gasteiger charge is 2.37. The molecule has 2 heterocycles. The average molecular weight is 305 g/mol. The minimum atomic E-state index is -2.78. The Labute approximate surface area is 113 Å². The van der Waals surface area contributed by atoms with E-state index in [4.69, 9.17) is 9.63 Å². The molecule has 1 saturated heterocycles.